The van der Waals surface area contributed by atoms with Gasteiger partial charge in [0.1, 0.15) is 28.2 Å². The summed E-state index contributed by atoms with van der Waals surface area (Å²) in [5.74, 6) is 1.73. The molecule has 1 N–H and O–H groups in total. The molecule has 0 saturated heterocycles. The summed E-state index contributed by atoms with van der Waals surface area (Å²) in [5.41, 5.74) is 0. The minimum absolute atomic E-state index is 0.271. The van der Waals surface area contributed by atoms with E-state index in [1.54, 1.807) is 13.1 Å². The third-order valence-electron chi connectivity index (χ3n) is 2.68. The number of hydrogen-bond acceptors (Lipinski definition) is 5. The van der Waals surface area contributed by atoms with E-state index in [1.165, 1.54) is 6.07 Å². The number of furan rings is 2. The van der Waals surface area contributed by atoms with Crippen LogP contribution in [-0.2, 0) is 6.42 Å². The van der Waals surface area contributed by atoms with Gasteiger partial charge in [-0.2, -0.15) is 0 Å². The molecule has 18 heavy (non-hydrogen) atoms. The lowest BCUT2D eigenvalue weighted by molar-refractivity contribution is -0.402. The highest BCUT2D eigenvalue weighted by Crippen LogP contribution is 2.27. The molecule has 0 amide bonds. The van der Waals surface area contributed by atoms with Gasteiger partial charge in [0.15, 0.2) is 0 Å². The van der Waals surface area contributed by atoms with E-state index in [0.29, 0.717) is 11.5 Å². The van der Waals surface area contributed by atoms with Crippen molar-refractivity contribution >= 4 is 5.88 Å². The molecule has 96 valence electrons. The molecule has 0 fully saturated rings. The molecule has 0 aliphatic rings. The Morgan fingerprint density at radius 2 is 1.94 bits per heavy atom. The molecule has 0 aliphatic heterocycles. The van der Waals surface area contributed by atoms with Gasteiger partial charge in [0.25, 0.3) is 0 Å². The van der Waals surface area contributed by atoms with Gasteiger partial charge in [0.2, 0.25) is 0 Å². The Morgan fingerprint density at radius 1 is 1.28 bits per heavy atom. The van der Waals surface area contributed by atoms with Gasteiger partial charge in [-0.1, -0.05) is 6.92 Å². The second-order valence-electron chi connectivity index (χ2n) is 3.81. The first-order chi connectivity index (χ1) is 8.65. The first-order valence-electron chi connectivity index (χ1n) is 5.65. The molecule has 1 unspecified atom stereocenters. The first kappa shape index (κ1) is 12.4. The van der Waals surface area contributed by atoms with E-state index in [9.17, 15) is 10.1 Å². The fourth-order valence-electron chi connectivity index (χ4n) is 1.76. The molecule has 0 bridgehead atoms. The average Bonchev–Trinajstić information content (AvgIpc) is 2.99. The summed E-state index contributed by atoms with van der Waals surface area (Å²) < 4.78 is 10.8. The van der Waals surface area contributed by atoms with E-state index >= 15 is 0 Å². The number of rotatable bonds is 5. The Kier molecular flexibility index (Phi) is 3.47. The highest BCUT2D eigenvalue weighted by atomic mass is 16.6. The fraction of sp³-hybridized carbons (Fsp3) is 0.333. The van der Waals surface area contributed by atoms with Crippen LogP contribution in [0.15, 0.2) is 33.1 Å². The largest absolute Gasteiger partial charge is 0.464 e. The molecular formula is C12H14N2O4. The normalized spacial score (nSPS) is 12.6. The van der Waals surface area contributed by atoms with E-state index in [4.69, 9.17) is 8.83 Å². The van der Waals surface area contributed by atoms with Crippen LogP contribution in [0.2, 0.25) is 0 Å². The molecule has 2 aromatic rings. The molecule has 0 spiro atoms. The van der Waals surface area contributed by atoms with E-state index in [0.717, 1.165) is 12.2 Å². The summed E-state index contributed by atoms with van der Waals surface area (Å²) in [5, 5.41) is 13.6. The quantitative estimate of drug-likeness (QED) is 0.651. The van der Waals surface area contributed by atoms with Crippen LogP contribution in [-0.4, -0.2) is 12.0 Å². The lowest BCUT2D eigenvalue weighted by atomic mass is 10.2. The zero-order valence-corrected chi connectivity index (χ0v) is 10.2. The summed E-state index contributed by atoms with van der Waals surface area (Å²) >= 11 is 0. The molecule has 0 aliphatic carbocycles. The maximum absolute atomic E-state index is 10.6. The van der Waals surface area contributed by atoms with Crippen LogP contribution in [0.5, 0.6) is 0 Å². The zero-order valence-electron chi connectivity index (χ0n) is 10.2. The maximum Gasteiger partial charge on any atom is 0.433 e. The van der Waals surface area contributed by atoms with E-state index in [-0.39, 0.29) is 11.9 Å². The predicted molar refractivity (Wildman–Crippen MR) is 64.4 cm³/mol. The van der Waals surface area contributed by atoms with Crippen LogP contribution in [0, 0.1) is 10.1 Å². The van der Waals surface area contributed by atoms with Crippen molar-refractivity contribution in [2.24, 2.45) is 0 Å². The SMILES string of the molecule is CCc1ccc(C(NC)c2ccc([N+](=O)[O-])o2)o1. The third kappa shape index (κ3) is 2.28. The van der Waals surface area contributed by atoms with Crippen molar-refractivity contribution < 1.29 is 13.8 Å². The van der Waals surface area contributed by atoms with Gasteiger partial charge in [0.05, 0.1) is 6.07 Å². The van der Waals surface area contributed by atoms with E-state index in [1.807, 2.05) is 19.1 Å². The maximum atomic E-state index is 10.6. The predicted octanol–water partition coefficient (Wildman–Crippen LogP) is 2.65. The highest BCUT2D eigenvalue weighted by molar-refractivity contribution is 5.25. The lowest BCUT2D eigenvalue weighted by Crippen LogP contribution is -2.16. The summed E-state index contributed by atoms with van der Waals surface area (Å²) in [6.07, 6.45) is 0.800. The molecule has 0 aromatic carbocycles. The van der Waals surface area contributed by atoms with Crippen LogP contribution in [0.25, 0.3) is 0 Å². The van der Waals surface area contributed by atoms with Crippen LogP contribution in [0.4, 0.5) is 5.88 Å². The molecule has 0 saturated carbocycles. The van der Waals surface area contributed by atoms with Gasteiger partial charge in [-0.15, -0.1) is 0 Å². The van der Waals surface area contributed by atoms with Crippen molar-refractivity contribution in [3.05, 3.63) is 51.7 Å². The zero-order chi connectivity index (χ0) is 13.1. The molecule has 6 heteroatoms. The van der Waals surface area contributed by atoms with E-state index < -0.39 is 4.92 Å². The third-order valence-corrected chi connectivity index (χ3v) is 2.68. The first-order valence-corrected chi connectivity index (χ1v) is 5.65. The van der Waals surface area contributed by atoms with Crippen LogP contribution in [0.1, 0.15) is 30.2 Å². The van der Waals surface area contributed by atoms with Gasteiger partial charge >= 0.3 is 5.88 Å². The topological polar surface area (TPSA) is 81.5 Å². The minimum Gasteiger partial charge on any atom is -0.464 e. The van der Waals surface area contributed by atoms with Crippen molar-refractivity contribution in [2.75, 3.05) is 7.05 Å². The minimum atomic E-state index is -0.560. The van der Waals surface area contributed by atoms with Crippen molar-refractivity contribution in [1.82, 2.24) is 5.32 Å². The Labute approximate surface area is 104 Å². The Balaban J connectivity index is 2.29. The molecule has 2 aromatic heterocycles. The van der Waals surface area contributed by atoms with Crippen molar-refractivity contribution in [3.8, 4) is 0 Å². The van der Waals surface area contributed by atoms with Gasteiger partial charge in [0, 0.05) is 6.42 Å². The van der Waals surface area contributed by atoms with Gasteiger partial charge in [-0.25, -0.2) is 0 Å². The highest BCUT2D eigenvalue weighted by Gasteiger charge is 2.22. The van der Waals surface area contributed by atoms with Crippen molar-refractivity contribution in [1.29, 1.82) is 0 Å². The van der Waals surface area contributed by atoms with Crippen LogP contribution >= 0.6 is 0 Å². The molecule has 2 heterocycles. The Bertz CT molecular complexity index is 544. The molecule has 2 rings (SSSR count). The van der Waals surface area contributed by atoms with Crippen molar-refractivity contribution in [3.63, 3.8) is 0 Å². The second kappa shape index (κ2) is 5.05. The number of nitrogens with zero attached hydrogens (tertiary/aromatic N) is 1. The molecule has 6 nitrogen and oxygen atoms in total. The van der Waals surface area contributed by atoms with Crippen LogP contribution in [0.3, 0.4) is 0 Å². The van der Waals surface area contributed by atoms with Gasteiger partial charge < -0.3 is 14.2 Å². The average molecular weight is 250 g/mol. The molecule has 1 atom stereocenters. The summed E-state index contributed by atoms with van der Waals surface area (Å²) in [4.78, 5) is 10.0. The second-order valence-corrected chi connectivity index (χ2v) is 3.81. The number of hydrogen-bond donors (Lipinski definition) is 1. The van der Waals surface area contributed by atoms with Gasteiger partial charge in [-0.05, 0) is 25.2 Å². The summed E-state index contributed by atoms with van der Waals surface area (Å²) in [7, 11) is 1.74. The molecular weight excluding hydrogens is 236 g/mol. The smallest absolute Gasteiger partial charge is 0.433 e. The van der Waals surface area contributed by atoms with Gasteiger partial charge in [-0.3, -0.25) is 10.1 Å². The number of nitro groups is 1. The number of nitrogens with one attached hydrogen (secondary N) is 1. The fourth-order valence-corrected chi connectivity index (χ4v) is 1.76. The summed E-state index contributed by atoms with van der Waals surface area (Å²) in [6.45, 7) is 1.99. The Morgan fingerprint density at radius 3 is 2.44 bits per heavy atom. The van der Waals surface area contributed by atoms with E-state index in [2.05, 4.69) is 5.32 Å². The lowest BCUT2D eigenvalue weighted by Gasteiger charge is -2.09. The van der Waals surface area contributed by atoms with Crippen molar-refractivity contribution in [2.45, 2.75) is 19.4 Å². The molecule has 0 radical (unpaired) electrons. The Hall–Kier alpha value is -2.08. The summed E-state index contributed by atoms with van der Waals surface area (Å²) in [6, 6.07) is 6.32. The van der Waals surface area contributed by atoms with Crippen LogP contribution < -0.4 is 5.32 Å². The number of aryl methyl sites for hydroxylation is 1. The standard InChI is InChI=1S/C12H14N2O4/c1-3-8-4-5-9(17-8)12(13-2)10-6-7-11(18-10)14(15)16/h4-7,12-13H,3H2,1-2H3. The monoisotopic (exact) mass is 250 g/mol.